The van der Waals surface area contributed by atoms with Crippen LogP contribution in [0.3, 0.4) is 0 Å². The summed E-state index contributed by atoms with van der Waals surface area (Å²) in [7, 11) is 0. The molecule has 0 aliphatic heterocycles. The van der Waals surface area contributed by atoms with Crippen LogP contribution in [0.1, 0.15) is 19.8 Å². The van der Waals surface area contributed by atoms with Gasteiger partial charge >= 0.3 is 23.1 Å². The molecule has 0 saturated carbocycles. The molecule has 0 heterocycles. The average molecular weight is 117 g/mol. The summed E-state index contributed by atoms with van der Waals surface area (Å²) in [6, 6.07) is 0. The van der Waals surface area contributed by atoms with Crippen LogP contribution >= 0.6 is 11.6 Å². The summed E-state index contributed by atoms with van der Waals surface area (Å²) in [6.07, 6.45) is 2.37. The van der Waals surface area contributed by atoms with E-state index in [1.807, 2.05) is 0 Å². The zero-order chi connectivity index (χ0) is 4.12. The Morgan fingerprint density at radius 1 is 1.50 bits per heavy atom. The van der Waals surface area contributed by atoms with Crippen molar-refractivity contribution in [1.82, 2.24) is 0 Å². The van der Waals surface area contributed by atoms with E-state index < -0.39 is 0 Å². The third kappa shape index (κ3) is 8.91. The zero-order valence-electron chi connectivity index (χ0n) is 4.21. The van der Waals surface area contributed by atoms with Gasteiger partial charge in [0.15, 0.2) is 0 Å². The number of alkyl halides is 1. The van der Waals surface area contributed by atoms with Crippen LogP contribution in [-0.2, 0) is 0 Å². The number of halogens is 1. The van der Waals surface area contributed by atoms with E-state index >= 15 is 0 Å². The Bertz CT molecular complexity index is 15.0. The molecule has 0 aromatic rings. The molecule has 0 amide bonds. The van der Waals surface area contributed by atoms with Gasteiger partial charge in [-0.05, 0) is 6.42 Å². The fraction of sp³-hybridized carbons (Fsp3) is 1.00. The Kier molecular flexibility index (Phi) is 15.9. The molecule has 32 valence electrons. The number of rotatable bonds is 2. The minimum atomic E-state index is 0. The van der Waals surface area contributed by atoms with E-state index in [2.05, 4.69) is 6.92 Å². The maximum absolute atomic E-state index is 5.30. The van der Waals surface area contributed by atoms with Crippen molar-refractivity contribution in [1.29, 1.82) is 0 Å². The summed E-state index contributed by atoms with van der Waals surface area (Å²) in [6.45, 7) is 2.13. The maximum Gasteiger partial charge on any atom is 2.00 e. The Morgan fingerprint density at radius 3 is 2.00 bits per heavy atom. The maximum atomic E-state index is 5.30. The predicted octanol–water partition coefficient (Wildman–Crippen LogP) is 1.64. The smallest absolute Gasteiger partial charge is 0.127 e. The van der Waals surface area contributed by atoms with Crippen LogP contribution in [0.4, 0.5) is 0 Å². The SMILES string of the molecule is CCCCCl.[Mg+2]. The molecule has 0 aliphatic carbocycles. The van der Waals surface area contributed by atoms with Crippen molar-refractivity contribution < 1.29 is 0 Å². The van der Waals surface area contributed by atoms with Gasteiger partial charge in [-0.2, -0.15) is 0 Å². The second-order valence-electron chi connectivity index (χ2n) is 1.04. The van der Waals surface area contributed by atoms with Gasteiger partial charge in [0.25, 0.3) is 0 Å². The molecule has 0 spiro atoms. The molecule has 0 atom stereocenters. The Hall–Kier alpha value is 1.06. The fourth-order valence-electron chi connectivity index (χ4n) is 0.134. The molecule has 2 heteroatoms. The molecule has 0 saturated heterocycles. The van der Waals surface area contributed by atoms with Gasteiger partial charge in [-0.3, -0.25) is 0 Å². The van der Waals surface area contributed by atoms with E-state index in [4.69, 9.17) is 11.6 Å². The van der Waals surface area contributed by atoms with Crippen LogP contribution in [-0.4, -0.2) is 28.9 Å². The second kappa shape index (κ2) is 9.41. The monoisotopic (exact) mass is 116 g/mol. The molecule has 0 aromatic carbocycles. The van der Waals surface area contributed by atoms with E-state index in [1.54, 1.807) is 0 Å². The van der Waals surface area contributed by atoms with E-state index in [1.165, 1.54) is 6.42 Å². The molecule has 6 heavy (non-hydrogen) atoms. The quantitative estimate of drug-likeness (QED) is 0.381. The molecular formula is C4H9ClMg+2. The molecule has 0 unspecified atom stereocenters. The molecule has 0 nitrogen and oxygen atoms in total. The van der Waals surface area contributed by atoms with Gasteiger partial charge in [0, 0.05) is 5.88 Å². The minimum Gasteiger partial charge on any atom is -0.127 e. The molecule has 0 radical (unpaired) electrons. The second-order valence-corrected chi connectivity index (χ2v) is 1.42. The fourth-order valence-corrected chi connectivity index (χ4v) is 0.401. The summed E-state index contributed by atoms with van der Waals surface area (Å²) in [5.74, 6) is 0.816. The van der Waals surface area contributed by atoms with Crippen molar-refractivity contribution in [2.45, 2.75) is 19.8 Å². The predicted molar refractivity (Wildman–Crippen MR) is 31.4 cm³/mol. The van der Waals surface area contributed by atoms with Gasteiger partial charge < -0.3 is 0 Å². The first-order valence-electron chi connectivity index (χ1n) is 1.97. The van der Waals surface area contributed by atoms with Crippen molar-refractivity contribution in [2.75, 3.05) is 5.88 Å². The number of hydrogen-bond donors (Lipinski definition) is 0. The minimum absolute atomic E-state index is 0. The summed E-state index contributed by atoms with van der Waals surface area (Å²) < 4.78 is 0. The molecule has 0 aromatic heterocycles. The summed E-state index contributed by atoms with van der Waals surface area (Å²) >= 11 is 5.30. The van der Waals surface area contributed by atoms with Crippen LogP contribution in [0, 0.1) is 0 Å². The van der Waals surface area contributed by atoms with E-state index in [0.717, 1.165) is 12.3 Å². The van der Waals surface area contributed by atoms with Crippen LogP contribution in [0.5, 0.6) is 0 Å². The van der Waals surface area contributed by atoms with Crippen molar-refractivity contribution in [3.8, 4) is 0 Å². The molecule has 0 bridgehead atoms. The van der Waals surface area contributed by atoms with Gasteiger partial charge in [0.2, 0.25) is 0 Å². The van der Waals surface area contributed by atoms with Crippen LogP contribution < -0.4 is 0 Å². The molecule has 0 rings (SSSR count). The van der Waals surface area contributed by atoms with Crippen molar-refractivity contribution in [3.05, 3.63) is 0 Å². The third-order valence-corrected chi connectivity index (χ3v) is 0.754. The van der Waals surface area contributed by atoms with Gasteiger partial charge in [-0.15, -0.1) is 11.6 Å². The van der Waals surface area contributed by atoms with E-state index in [9.17, 15) is 0 Å². The Labute approximate surface area is 60.4 Å². The van der Waals surface area contributed by atoms with Crippen LogP contribution in [0.25, 0.3) is 0 Å². The third-order valence-electron chi connectivity index (χ3n) is 0.487. The largest absolute Gasteiger partial charge is 2.00 e. The van der Waals surface area contributed by atoms with Crippen molar-refractivity contribution >= 4 is 34.7 Å². The summed E-state index contributed by atoms with van der Waals surface area (Å²) in [4.78, 5) is 0. The van der Waals surface area contributed by atoms with Crippen molar-refractivity contribution in [2.24, 2.45) is 0 Å². The first-order chi connectivity index (χ1) is 2.41. The van der Waals surface area contributed by atoms with E-state index in [0.29, 0.717) is 0 Å². The number of unbranched alkanes of at least 4 members (excludes halogenated alkanes) is 1. The van der Waals surface area contributed by atoms with Crippen molar-refractivity contribution in [3.63, 3.8) is 0 Å². The Morgan fingerprint density at radius 2 is 2.00 bits per heavy atom. The van der Waals surface area contributed by atoms with Gasteiger partial charge in [0.1, 0.15) is 0 Å². The molecule has 0 fully saturated rings. The standard InChI is InChI=1S/C4H9Cl.Mg/c1-2-3-4-5;/h2-4H2,1H3;/q;+2. The first-order valence-corrected chi connectivity index (χ1v) is 2.51. The Balaban J connectivity index is 0. The number of hydrogen-bond acceptors (Lipinski definition) is 0. The van der Waals surface area contributed by atoms with E-state index in [-0.39, 0.29) is 23.1 Å². The van der Waals surface area contributed by atoms with Gasteiger partial charge in [0.05, 0.1) is 0 Å². The van der Waals surface area contributed by atoms with Gasteiger partial charge in [-0.1, -0.05) is 13.3 Å². The topological polar surface area (TPSA) is 0 Å². The summed E-state index contributed by atoms with van der Waals surface area (Å²) in [5, 5.41) is 0. The first kappa shape index (κ1) is 10.1. The molecular weight excluding hydrogens is 108 g/mol. The van der Waals surface area contributed by atoms with Crippen LogP contribution in [0.2, 0.25) is 0 Å². The van der Waals surface area contributed by atoms with Crippen LogP contribution in [0.15, 0.2) is 0 Å². The molecule has 0 N–H and O–H groups in total. The molecule has 0 aliphatic rings. The normalized spacial score (nSPS) is 7.00. The van der Waals surface area contributed by atoms with Gasteiger partial charge in [-0.25, -0.2) is 0 Å². The summed E-state index contributed by atoms with van der Waals surface area (Å²) in [5.41, 5.74) is 0. The zero-order valence-corrected chi connectivity index (χ0v) is 6.38. The average Bonchev–Trinajstić information content (AvgIpc) is 1.41.